The van der Waals surface area contributed by atoms with Crippen molar-refractivity contribution in [1.29, 1.82) is 0 Å². The van der Waals surface area contributed by atoms with Crippen molar-refractivity contribution in [2.45, 2.75) is 31.9 Å². The van der Waals surface area contributed by atoms with Gasteiger partial charge in [-0.1, -0.05) is 13.8 Å². The van der Waals surface area contributed by atoms with Gasteiger partial charge in [-0.25, -0.2) is 0 Å². The highest BCUT2D eigenvalue weighted by Gasteiger charge is 2.33. The van der Waals surface area contributed by atoms with E-state index < -0.39 is 0 Å². The van der Waals surface area contributed by atoms with Crippen molar-refractivity contribution in [3.05, 3.63) is 0 Å². The number of hydrogen-bond acceptors (Lipinski definition) is 3. The maximum absolute atomic E-state index is 5.52. The summed E-state index contributed by atoms with van der Waals surface area (Å²) in [5.74, 6) is 0. The molecule has 0 aromatic carbocycles. The van der Waals surface area contributed by atoms with Crippen LogP contribution in [0.5, 0.6) is 0 Å². The van der Waals surface area contributed by atoms with E-state index in [0.717, 1.165) is 26.1 Å². The molecule has 1 fully saturated rings. The van der Waals surface area contributed by atoms with Gasteiger partial charge >= 0.3 is 0 Å². The lowest BCUT2D eigenvalue weighted by Crippen LogP contribution is -2.46. The van der Waals surface area contributed by atoms with Crippen LogP contribution in [0.4, 0.5) is 0 Å². The van der Waals surface area contributed by atoms with Crippen LogP contribution in [0.2, 0.25) is 0 Å². The van der Waals surface area contributed by atoms with Crippen molar-refractivity contribution >= 4 is 0 Å². The zero-order chi connectivity index (χ0) is 9.03. The Balaban J connectivity index is 2.34. The van der Waals surface area contributed by atoms with Crippen molar-refractivity contribution in [2.24, 2.45) is 0 Å². The van der Waals surface area contributed by atoms with Crippen LogP contribution in [0.3, 0.4) is 0 Å². The Kier molecular flexibility index (Phi) is 3.50. The minimum Gasteiger partial charge on any atom is -0.376 e. The van der Waals surface area contributed by atoms with E-state index in [-0.39, 0.29) is 5.60 Å². The van der Waals surface area contributed by atoms with Crippen LogP contribution in [0.1, 0.15) is 20.3 Å². The third-order valence-corrected chi connectivity index (χ3v) is 2.47. The van der Waals surface area contributed by atoms with Gasteiger partial charge in [-0.2, -0.15) is 0 Å². The van der Waals surface area contributed by atoms with Crippen molar-refractivity contribution < 1.29 is 4.74 Å². The molecule has 3 nitrogen and oxygen atoms in total. The van der Waals surface area contributed by atoms with E-state index in [9.17, 15) is 0 Å². The highest BCUT2D eigenvalue weighted by molar-refractivity contribution is 4.91. The van der Waals surface area contributed by atoms with Gasteiger partial charge in [0.05, 0.1) is 5.60 Å². The van der Waals surface area contributed by atoms with E-state index >= 15 is 0 Å². The van der Waals surface area contributed by atoms with Crippen LogP contribution in [0.25, 0.3) is 0 Å². The molecule has 1 unspecified atom stereocenters. The Morgan fingerprint density at radius 2 is 2.33 bits per heavy atom. The molecule has 0 saturated carbocycles. The SMILES string of the molecule is COC1(CNC(C)C)CCNC1. The number of ether oxygens (including phenoxy) is 1. The Labute approximate surface area is 74.9 Å². The van der Waals surface area contributed by atoms with Crippen molar-refractivity contribution in [3.63, 3.8) is 0 Å². The topological polar surface area (TPSA) is 33.3 Å². The molecule has 1 heterocycles. The molecular formula is C9H20N2O. The molecule has 1 aliphatic rings. The first-order valence-electron chi connectivity index (χ1n) is 4.68. The summed E-state index contributed by atoms with van der Waals surface area (Å²) in [5.41, 5.74) is 0.0459. The number of nitrogens with one attached hydrogen (secondary N) is 2. The average Bonchev–Trinajstić information content (AvgIpc) is 2.50. The molecule has 0 bridgehead atoms. The summed E-state index contributed by atoms with van der Waals surface area (Å²) >= 11 is 0. The predicted molar refractivity (Wildman–Crippen MR) is 50.4 cm³/mol. The molecule has 0 amide bonds. The van der Waals surface area contributed by atoms with Crippen LogP contribution in [0, 0.1) is 0 Å². The van der Waals surface area contributed by atoms with E-state index in [1.165, 1.54) is 0 Å². The summed E-state index contributed by atoms with van der Waals surface area (Å²) in [6.07, 6.45) is 1.11. The first-order valence-corrected chi connectivity index (χ1v) is 4.68. The minimum absolute atomic E-state index is 0.0459. The van der Waals surface area contributed by atoms with Gasteiger partial charge in [0.1, 0.15) is 0 Å². The van der Waals surface area contributed by atoms with E-state index in [4.69, 9.17) is 4.74 Å². The molecule has 2 N–H and O–H groups in total. The first kappa shape index (κ1) is 9.96. The maximum Gasteiger partial charge on any atom is 0.0938 e. The third kappa shape index (κ3) is 2.44. The molecule has 1 saturated heterocycles. The molecule has 0 spiro atoms. The molecule has 1 atom stereocenters. The molecule has 3 heteroatoms. The van der Waals surface area contributed by atoms with Crippen molar-refractivity contribution in [1.82, 2.24) is 10.6 Å². The van der Waals surface area contributed by atoms with E-state index in [1.807, 2.05) is 0 Å². The fourth-order valence-corrected chi connectivity index (χ4v) is 1.51. The van der Waals surface area contributed by atoms with Gasteiger partial charge in [0.15, 0.2) is 0 Å². The van der Waals surface area contributed by atoms with E-state index in [2.05, 4.69) is 24.5 Å². The molecular weight excluding hydrogens is 152 g/mol. The quantitative estimate of drug-likeness (QED) is 0.642. The van der Waals surface area contributed by atoms with Gasteiger partial charge in [0.25, 0.3) is 0 Å². The molecule has 1 rings (SSSR count). The lowest BCUT2D eigenvalue weighted by molar-refractivity contribution is 0.00676. The zero-order valence-electron chi connectivity index (χ0n) is 8.31. The normalized spacial score (nSPS) is 30.0. The third-order valence-electron chi connectivity index (χ3n) is 2.47. The minimum atomic E-state index is 0.0459. The van der Waals surface area contributed by atoms with Gasteiger partial charge in [-0.05, 0) is 13.0 Å². The maximum atomic E-state index is 5.52. The van der Waals surface area contributed by atoms with Gasteiger partial charge in [0, 0.05) is 26.2 Å². The van der Waals surface area contributed by atoms with Gasteiger partial charge in [-0.3, -0.25) is 0 Å². The first-order chi connectivity index (χ1) is 5.68. The standard InChI is InChI=1S/C9H20N2O/c1-8(2)11-7-9(12-3)4-5-10-6-9/h8,10-11H,4-7H2,1-3H3. The molecule has 0 aromatic heterocycles. The largest absolute Gasteiger partial charge is 0.376 e. The summed E-state index contributed by atoms with van der Waals surface area (Å²) in [6, 6.07) is 0.539. The lowest BCUT2D eigenvalue weighted by atomic mass is 10.0. The summed E-state index contributed by atoms with van der Waals surface area (Å²) in [6.45, 7) is 7.32. The molecule has 0 aromatic rings. The fraction of sp³-hybridized carbons (Fsp3) is 1.00. The average molecular weight is 172 g/mol. The molecule has 0 aliphatic carbocycles. The van der Waals surface area contributed by atoms with Gasteiger partial charge in [0.2, 0.25) is 0 Å². The second-order valence-electron chi connectivity index (χ2n) is 3.85. The van der Waals surface area contributed by atoms with Crippen molar-refractivity contribution in [2.75, 3.05) is 26.7 Å². The number of rotatable bonds is 4. The second kappa shape index (κ2) is 4.21. The Morgan fingerprint density at radius 1 is 1.58 bits per heavy atom. The summed E-state index contributed by atoms with van der Waals surface area (Å²) in [5, 5.41) is 6.74. The van der Waals surface area contributed by atoms with E-state index in [0.29, 0.717) is 6.04 Å². The molecule has 0 radical (unpaired) electrons. The Morgan fingerprint density at radius 3 is 2.75 bits per heavy atom. The van der Waals surface area contributed by atoms with Crippen LogP contribution < -0.4 is 10.6 Å². The predicted octanol–water partition coefficient (Wildman–Crippen LogP) is 0.363. The molecule has 1 aliphatic heterocycles. The Bertz CT molecular complexity index is 130. The number of hydrogen-bond donors (Lipinski definition) is 2. The number of methoxy groups -OCH3 is 1. The summed E-state index contributed by atoms with van der Waals surface area (Å²) in [7, 11) is 1.80. The highest BCUT2D eigenvalue weighted by Crippen LogP contribution is 2.17. The van der Waals surface area contributed by atoms with Crippen LogP contribution >= 0.6 is 0 Å². The van der Waals surface area contributed by atoms with E-state index in [1.54, 1.807) is 7.11 Å². The zero-order valence-corrected chi connectivity index (χ0v) is 8.31. The highest BCUT2D eigenvalue weighted by atomic mass is 16.5. The fourth-order valence-electron chi connectivity index (χ4n) is 1.51. The van der Waals surface area contributed by atoms with Crippen molar-refractivity contribution in [3.8, 4) is 0 Å². The molecule has 72 valence electrons. The van der Waals surface area contributed by atoms with Gasteiger partial charge < -0.3 is 15.4 Å². The summed E-state index contributed by atoms with van der Waals surface area (Å²) < 4.78 is 5.52. The second-order valence-corrected chi connectivity index (χ2v) is 3.85. The lowest BCUT2D eigenvalue weighted by Gasteiger charge is -2.27. The van der Waals surface area contributed by atoms with Crippen LogP contribution in [-0.2, 0) is 4.74 Å². The summed E-state index contributed by atoms with van der Waals surface area (Å²) in [4.78, 5) is 0. The van der Waals surface area contributed by atoms with Crippen LogP contribution in [-0.4, -0.2) is 38.4 Å². The monoisotopic (exact) mass is 172 g/mol. The van der Waals surface area contributed by atoms with Crippen LogP contribution in [0.15, 0.2) is 0 Å². The smallest absolute Gasteiger partial charge is 0.0938 e. The Hall–Kier alpha value is -0.120. The molecule has 12 heavy (non-hydrogen) atoms. The van der Waals surface area contributed by atoms with Gasteiger partial charge in [-0.15, -0.1) is 0 Å².